The Bertz CT molecular complexity index is 822. The summed E-state index contributed by atoms with van der Waals surface area (Å²) in [4.78, 5) is 12.1. The van der Waals surface area contributed by atoms with Crippen molar-refractivity contribution in [2.45, 2.75) is 0 Å². The highest BCUT2D eigenvalue weighted by molar-refractivity contribution is 6.32. The number of amides is 1. The molecule has 3 rings (SSSR count). The SMILES string of the molecule is COc1cc(/C=N/NC(=O)c2ccc3c(c2)OCO3)cc(Cl)c1O. The zero-order valence-corrected chi connectivity index (χ0v) is 13.3. The van der Waals surface area contributed by atoms with E-state index in [1.807, 2.05) is 0 Å². The zero-order valence-electron chi connectivity index (χ0n) is 12.6. The number of carbonyl (C=O) groups excluding carboxylic acids is 1. The summed E-state index contributed by atoms with van der Waals surface area (Å²) in [6.45, 7) is 0.141. The van der Waals surface area contributed by atoms with Gasteiger partial charge in [0.1, 0.15) is 0 Å². The lowest BCUT2D eigenvalue weighted by Crippen LogP contribution is -2.17. The second-order valence-electron chi connectivity index (χ2n) is 4.82. The lowest BCUT2D eigenvalue weighted by Gasteiger charge is -2.06. The van der Waals surface area contributed by atoms with Crippen LogP contribution in [0, 0.1) is 0 Å². The van der Waals surface area contributed by atoms with Gasteiger partial charge in [0.25, 0.3) is 5.91 Å². The fraction of sp³-hybridized carbons (Fsp3) is 0.125. The predicted molar refractivity (Wildman–Crippen MR) is 87.3 cm³/mol. The third-order valence-electron chi connectivity index (χ3n) is 3.29. The number of phenols is 1. The summed E-state index contributed by atoms with van der Waals surface area (Å²) in [5, 5.41) is 13.7. The summed E-state index contributed by atoms with van der Waals surface area (Å²) >= 11 is 5.88. The largest absolute Gasteiger partial charge is 0.503 e. The van der Waals surface area contributed by atoms with Gasteiger partial charge < -0.3 is 19.3 Å². The van der Waals surface area contributed by atoms with Crippen LogP contribution in [0.5, 0.6) is 23.0 Å². The molecule has 0 unspecified atom stereocenters. The summed E-state index contributed by atoms with van der Waals surface area (Å²) in [6, 6.07) is 7.88. The number of nitrogens with zero attached hydrogens (tertiary/aromatic N) is 1. The molecule has 24 heavy (non-hydrogen) atoms. The van der Waals surface area contributed by atoms with Crippen molar-refractivity contribution in [3.05, 3.63) is 46.5 Å². The first-order valence-corrected chi connectivity index (χ1v) is 7.26. The van der Waals surface area contributed by atoms with Crippen LogP contribution in [0.4, 0.5) is 0 Å². The van der Waals surface area contributed by atoms with E-state index in [1.165, 1.54) is 25.5 Å². The van der Waals surface area contributed by atoms with Crippen LogP contribution in [-0.2, 0) is 0 Å². The number of carbonyl (C=O) groups is 1. The number of phenolic OH excluding ortho intramolecular Hbond substituents is 1. The molecule has 0 aliphatic carbocycles. The molecule has 0 bridgehead atoms. The van der Waals surface area contributed by atoms with Gasteiger partial charge in [0, 0.05) is 5.56 Å². The van der Waals surface area contributed by atoms with Crippen LogP contribution in [0.1, 0.15) is 15.9 Å². The molecular weight excluding hydrogens is 336 g/mol. The van der Waals surface area contributed by atoms with Crippen LogP contribution in [-0.4, -0.2) is 31.1 Å². The van der Waals surface area contributed by atoms with Crippen LogP contribution >= 0.6 is 11.6 Å². The van der Waals surface area contributed by atoms with E-state index in [4.69, 9.17) is 25.8 Å². The van der Waals surface area contributed by atoms with E-state index in [2.05, 4.69) is 10.5 Å². The lowest BCUT2D eigenvalue weighted by molar-refractivity contribution is 0.0954. The molecule has 0 atom stereocenters. The molecule has 7 nitrogen and oxygen atoms in total. The second-order valence-corrected chi connectivity index (χ2v) is 5.23. The highest BCUT2D eigenvalue weighted by atomic mass is 35.5. The molecule has 0 spiro atoms. The molecule has 0 saturated heterocycles. The van der Waals surface area contributed by atoms with Crippen LogP contribution in [0.2, 0.25) is 5.02 Å². The highest BCUT2D eigenvalue weighted by Crippen LogP contribution is 2.34. The molecule has 0 aromatic heterocycles. The fourth-order valence-corrected chi connectivity index (χ4v) is 2.31. The second kappa shape index (κ2) is 6.67. The van der Waals surface area contributed by atoms with Crippen LogP contribution in [0.25, 0.3) is 0 Å². The number of hydrazone groups is 1. The molecule has 2 aromatic rings. The minimum absolute atomic E-state index is 0.123. The van der Waals surface area contributed by atoms with Gasteiger partial charge in [-0.05, 0) is 35.9 Å². The Morgan fingerprint density at radius 2 is 2.12 bits per heavy atom. The Kier molecular flexibility index (Phi) is 4.43. The standard InChI is InChI=1S/C16H13ClN2O5/c1-22-14-5-9(4-11(17)15(14)20)7-18-19-16(21)10-2-3-12-13(6-10)24-8-23-12/h2-7,20H,8H2,1H3,(H,19,21)/b18-7+. The van der Waals surface area contributed by atoms with E-state index in [9.17, 15) is 9.90 Å². The maximum atomic E-state index is 12.1. The number of fused-ring (bicyclic) bond motifs is 1. The molecule has 1 heterocycles. The van der Waals surface area contributed by atoms with Crippen LogP contribution < -0.4 is 19.6 Å². The van der Waals surface area contributed by atoms with Crippen molar-refractivity contribution >= 4 is 23.7 Å². The Morgan fingerprint density at radius 3 is 2.92 bits per heavy atom. The minimum Gasteiger partial charge on any atom is -0.503 e. The van der Waals surface area contributed by atoms with Crippen molar-refractivity contribution in [2.24, 2.45) is 5.10 Å². The number of hydrogen-bond acceptors (Lipinski definition) is 6. The summed E-state index contributed by atoms with van der Waals surface area (Å²) in [5.41, 5.74) is 3.34. The number of halogens is 1. The zero-order chi connectivity index (χ0) is 17.1. The molecule has 0 radical (unpaired) electrons. The summed E-state index contributed by atoms with van der Waals surface area (Å²) < 4.78 is 15.4. The molecule has 0 fully saturated rings. The van der Waals surface area contributed by atoms with Crippen molar-refractivity contribution < 1.29 is 24.1 Å². The molecule has 8 heteroatoms. The van der Waals surface area contributed by atoms with Crippen LogP contribution in [0.15, 0.2) is 35.4 Å². The third kappa shape index (κ3) is 3.21. The maximum Gasteiger partial charge on any atom is 0.271 e. The van der Waals surface area contributed by atoms with Gasteiger partial charge in [-0.25, -0.2) is 5.43 Å². The van der Waals surface area contributed by atoms with E-state index < -0.39 is 5.91 Å². The van der Waals surface area contributed by atoms with Crippen molar-refractivity contribution in [2.75, 3.05) is 13.9 Å². The molecule has 2 aromatic carbocycles. The third-order valence-corrected chi connectivity index (χ3v) is 3.57. The Morgan fingerprint density at radius 1 is 1.33 bits per heavy atom. The Hall–Kier alpha value is -2.93. The number of nitrogens with one attached hydrogen (secondary N) is 1. The highest BCUT2D eigenvalue weighted by Gasteiger charge is 2.16. The predicted octanol–water partition coefficient (Wildman–Crippen LogP) is 2.55. The molecule has 1 aliphatic rings. The fourth-order valence-electron chi connectivity index (χ4n) is 2.09. The lowest BCUT2D eigenvalue weighted by atomic mass is 10.2. The molecular formula is C16H13ClN2O5. The maximum absolute atomic E-state index is 12.1. The van der Waals surface area contributed by atoms with E-state index in [-0.39, 0.29) is 23.3 Å². The number of methoxy groups -OCH3 is 1. The number of rotatable bonds is 4. The smallest absolute Gasteiger partial charge is 0.271 e. The number of aromatic hydroxyl groups is 1. The van der Waals surface area contributed by atoms with E-state index in [0.29, 0.717) is 22.6 Å². The van der Waals surface area contributed by atoms with Crippen molar-refractivity contribution in [3.63, 3.8) is 0 Å². The van der Waals surface area contributed by atoms with E-state index in [1.54, 1.807) is 18.2 Å². The molecule has 1 aliphatic heterocycles. The molecule has 0 saturated carbocycles. The first-order chi connectivity index (χ1) is 11.6. The van der Waals surface area contributed by atoms with Crippen molar-refractivity contribution in [1.82, 2.24) is 5.43 Å². The van der Waals surface area contributed by atoms with Gasteiger partial charge in [-0.2, -0.15) is 5.10 Å². The van der Waals surface area contributed by atoms with Gasteiger partial charge in [-0.3, -0.25) is 4.79 Å². The van der Waals surface area contributed by atoms with Gasteiger partial charge in [-0.1, -0.05) is 11.6 Å². The number of ether oxygens (including phenoxy) is 3. The van der Waals surface area contributed by atoms with Crippen molar-refractivity contribution in [1.29, 1.82) is 0 Å². The molecule has 2 N–H and O–H groups in total. The van der Waals surface area contributed by atoms with Crippen molar-refractivity contribution in [3.8, 4) is 23.0 Å². The van der Waals surface area contributed by atoms with Gasteiger partial charge in [0.15, 0.2) is 23.0 Å². The average Bonchev–Trinajstić information content (AvgIpc) is 3.05. The summed E-state index contributed by atoms with van der Waals surface area (Å²) in [6.07, 6.45) is 1.39. The Balaban J connectivity index is 1.70. The molecule has 124 valence electrons. The quantitative estimate of drug-likeness (QED) is 0.654. The normalized spacial score (nSPS) is 12.4. The minimum atomic E-state index is -0.401. The summed E-state index contributed by atoms with van der Waals surface area (Å²) in [7, 11) is 1.41. The Labute approximate surface area is 142 Å². The van der Waals surface area contributed by atoms with E-state index in [0.717, 1.165) is 0 Å². The van der Waals surface area contributed by atoms with Gasteiger partial charge in [-0.15, -0.1) is 0 Å². The number of hydrogen-bond donors (Lipinski definition) is 2. The first kappa shape index (κ1) is 15.9. The molecule has 1 amide bonds. The van der Waals surface area contributed by atoms with Crippen LogP contribution in [0.3, 0.4) is 0 Å². The van der Waals surface area contributed by atoms with Gasteiger partial charge >= 0.3 is 0 Å². The summed E-state index contributed by atoms with van der Waals surface area (Å²) in [5.74, 6) is 0.774. The monoisotopic (exact) mass is 348 g/mol. The van der Waals surface area contributed by atoms with E-state index >= 15 is 0 Å². The van der Waals surface area contributed by atoms with Gasteiger partial charge in [0.2, 0.25) is 6.79 Å². The number of benzene rings is 2. The topological polar surface area (TPSA) is 89.4 Å². The first-order valence-electron chi connectivity index (χ1n) is 6.88. The average molecular weight is 349 g/mol. The van der Waals surface area contributed by atoms with Gasteiger partial charge in [0.05, 0.1) is 18.3 Å².